The summed E-state index contributed by atoms with van der Waals surface area (Å²) < 4.78 is 4.78. The van der Waals surface area contributed by atoms with Gasteiger partial charge in [0, 0.05) is 44.0 Å². The van der Waals surface area contributed by atoms with Gasteiger partial charge < -0.3 is 15.4 Å². The summed E-state index contributed by atoms with van der Waals surface area (Å²) in [6.07, 6.45) is 0. The summed E-state index contributed by atoms with van der Waals surface area (Å²) in [4.78, 5) is 27.5. The average Bonchev–Trinajstić information content (AvgIpc) is 2.68. The Hall–Kier alpha value is -2.86. The van der Waals surface area contributed by atoms with Crippen LogP contribution in [0.2, 0.25) is 0 Å². The summed E-state index contributed by atoms with van der Waals surface area (Å²) in [5.41, 5.74) is 8.59. The number of primary amides is 1. The summed E-state index contributed by atoms with van der Waals surface area (Å²) in [6, 6.07) is 15.0. The molecule has 0 aromatic heterocycles. The highest BCUT2D eigenvalue weighted by atomic mass is 16.5. The van der Waals surface area contributed by atoms with Gasteiger partial charge in [-0.15, -0.1) is 0 Å². The minimum absolute atomic E-state index is 0.309. The second-order valence-electron chi connectivity index (χ2n) is 6.37. The van der Waals surface area contributed by atoms with Crippen LogP contribution in [0.4, 0.5) is 5.69 Å². The molecule has 0 radical (unpaired) electrons. The monoisotopic (exact) mass is 353 g/mol. The van der Waals surface area contributed by atoms with Crippen LogP contribution in [-0.2, 0) is 11.3 Å². The Balaban J connectivity index is 1.57. The number of nitrogens with zero attached hydrogens (tertiary/aromatic N) is 2. The van der Waals surface area contributed by atoms with Crippen molar-refractivity contribution < 1.29 is 14.3 Å². The van der Waals surface area contributed by atoms with Crippen molar-refractivity contribution in [1.29, 1.82) is 0 Å². The molecule has 1 heterocycles. The van der Waals surface area contributed by atoms with Crippen LogP contribution in [0.5, 0.6) is 0 Å². The number of carbonyl (C=O) groups excluding carboxylic acids is 2. The van der Waals surface area contributed by atoms with Crippen molar-refractivity contribution in [1.82, 2.24) is 4.90 Å². The molecule has 6 nitrogen and oxygen atoms in total. The first kappa shape index (κ1) is 17.9. The minimum Gasteiger partial charge on any atom is -0.465 e. The van der Waals surface area contributed by atoms with E-state index in [0.717, 1.165) is 44.0 Å². The maximum Gasteiger partial charge on any atom is 0.337 e. The molecule has 26 heavy (non-hydrogen) atoms. The van der Waals surface area contributed by atoms with E-state index in [1.54, 1.807) is 18.2 Å². The molecule has 0 saturated carbocycles. The van der Waals surface area contributed by atoms with Gasteiger partial charge in [0.15, 0.2) is 0 Å². The van der Waals surface area contributed by atoms with Gasteiger partial charge in [-0.3, -0.25) is 9.69 Å². The van der Waals surface area contributed by atoms with Crippen molar-refractivity contribution in [3.05, 3.63) is 65.2 Å². The molecule has 6 heteroatoms. The fourth-order valence-corrected chi connectivity index (χ4v) is 3.17. The number of hydrogen-bond acceptors (Lipinski definition) is 5. The lowest BCUT2D eigenvalue weighted by Crippen LogP contribution is -2.46. The lowest BCUT2D eigenvalue weighted by Gasteiger charge is -2.36. The first-order valence-corrected chi connectivity index (χ1v) is 8.61. The van der Waals surface area contributed by atoms with E-state index in [-0.39, 0.29) is 5.97 Å². The number of nitrogens with two attached hydrogens (primary N) is 1. The third kappa shape index (κ3) is 4.21. The third-order valence-electron chi connectivity index (χ3n) is 4.64. The maximum absolute atomic E-state index is 11.7. The third-order valence-corrected chi connectivity index (χ3v) is 4.64. The van der Waals surface area contributed by atoms with Gasteiger partial charge in [0.2, 0.25) is 5.91 Å². The summed E-state index contributed by atoms with van der Waals surface area (Å²) >= 11 is 0. The molecular weight excluding hydrogens is 330 g/mol. The van der Waals surface area contributed by atoms with Gasteiger partial charge >= 0.3 is 5.97 Å². The molecule has 1 saturated heterocycles. The molecular formula is C20H23N3O3. The maximum atomic E-state index is 11.7. The topological polar surface area (TPSA) is 75.9 Å². The Labute approximate surface area is 153 Å². The number of piperazine rings is 1. The molecule has 2 aromatic carbocycles. The standard InChI is InChI=1S/C20H23N3O3/c1-26-20(25)17-4-2-3-15(13-17)14-22-9-11-23(12-10-22)18-7-5-16(6-8-18)19(21)24/h2-8,13H,9-12,14H2,1H3,(H2,21,24). The van der Waals surface area contributed by atoms with Crippen LogP contribution < -0.4 is 10.6 Å². The normalized spacial score (nSPS) is 14.9. The van der Waals surface area contributed by atoms with E-state index < -0.39 is 5.91 Å². The van der Waals surface area contributed by atoms with Crippen LogP contribution in [0.1, 0.15) is 26.3 Å². The van der Waals surface area contributed by atoms with Gasteiger partial charge in [-0.2, -0.15) is 0 Å². The van der Waals surface area contributed by atoms with Crippen LogP contribution in [0.3, 0.4) is 0 Å². The zero-order valence-corrected chi connectivity index (χ0v) is 14.9. The number of hydrogen-bond donors (Lipinski definition) is 1. The van der Waals surface area contributed by atoms with Crippen molar-refractivity contribution in [3.8, 4) is 0 Å². The largest absolute Gasteiger partial charge is 0.465 e. The predicted molar refractivity (Wildman–Crippen MR) is 100 cm³/mol. The first-order chi connectivity index (χ1) is 12.6. The Morgan fingerprint density at radius 3 is 2.31 bits per heavy atom. The SMILES string of the molecule is COC(=O)c1cccc(CN2CCN(c3ccc(C(N)=O)cc3)CC2)c1. The minimum atomic E-state index is -0.407. The summed E-state index contributed by atoms with van der Waals surface area (Å²) in [5.74, 6) is -0.716. The van der Waals surface area contributed by atoms with Crippen LogP contribution in [-0.4, -0.2) is 50.1 Å². The van der Waals surface area contributed by atoms with Gasteiger partial charge in [-0.1, -0.05) is 12.1 Å². The second kappa shape index (κ2) is 8.01. The lowest BCUT2D eigenvalue weighted by molar-refractivity contribution is 0.0600. The van der Waals surface area contributed by atoms with Gasteiger partial charge in [0.05, 0.1) is 12.7 Å². The molecule has 2 N–H and O–H groups in total. The number of anilines is 1. The van der Waals surface area contributed by atoms with Crippen LogP contribution in [0, 0.1) is 0 Å². The second-order valence-corrected chi connectivity index (χ2v) is 6.37. The van der Waals surface area contributed by atoms with Gasteiger partial charge in [-0.05, 0) is 42.0 Å². The Morgan fingerprint density at radius 2 is 1.69 bits per heavy atom. The van der Waals surface area contributed by atoms with Crippen molar-refractivity contribution in [2.75, 3.05) is 38.2 Å². The van der Waals surface area contributed by atoms with Crippen molar-refractivity contribution >= 4 is 17.6 Å². The van der Waals surface area contributed by atoms with E-state index in [9.17, 15) is 9.59 Å². The Morgan fingerprint density at radius 1 is 1.00 bits per heavy atom. The number of carbonyl (C=O) groups is 2. The number of esters is 1. The van der Waals surface area contributed by atoms with Crippen LogP contribution >= 0.6 is 0 Å². The van der Waals surface area contributed by atoms with Crippen molar-refractivity contribution in [3.63, 3.8) is 0 Å². The predicted octanol–water partition coefficient (Wildman–Crippen LogP) is 1.89. The molecule has 2 aromatic rings. The fourth-order valence-electron chi connectivity index (χ4n) is 3.17. The summed E-state index contributed by atoms with van der Waals surface area (Å²) in [6.45, 7) is 4.48. The van der Waals surface area contributed by atoms with Crippen molar-refractivity contribution in [2.45, 2.75) is 6.54 Å². The van der Waals surface area contributed by atoms with E-state index in [2.05, 4.69) is 9.80 Å². The van der Waals surface area contributed by atoms with Crippen molar-refractivity contribution in [2.24, 2.45) is 5.73 Å². The molecule has 0 unspecified atom stereocenters. The number of methoxy groups -OCH3 is 1. The molecule has 1 aliphatic heterocycles. The lowest BCUT2D eigenvalue weighted by atomic mass is 10.1. The van der Waals surface area contributed by atoms with Gasteiger partial charge in [0.1, 0.15) is 0 Å². The summed E-state index contributed by atoms with van der Waals surface area (Å²) in [5, 5.41) is 0. The van der Waals surface area contributed by atoms with E-state index in [0.29, 0.717) is 11.1 Å². The summed E-state index contributed by atoms with van der Waals surface area (Å²) in [7, 11) is 1.39. The zero-order valence-electron chi connectivity index (χ0n) is 14.9. The molecule has 1 amide bonds. The number of rotatable bonds is 5. The average molecular weight is 353 g/mol. The van der Waals surface area contributed by atoms with E-state index in [1.807, 2.05) is 30.3 Å². The molecule has 0 bridgehead atoms. The Bertz CT molecular complexity index is 781. The van der Waals surface area contributed by atoms with E-state index in [4.69, 9.17) is 10.5 Å². The molecule has 3 rings (SSSR count). The number of benzene rings is 2. The zero-order chi connectivity index (χ0) is 18.5. The van der Waals surface area contributed by atoms with Crippen LogP contribution in [0.15, 0.2) is 48.5 Å². The molecule has 0 atom stereocenters. The highest BCUT2D eigenvalue weighted by molar-refractivity contribution is 5.93. The fraction of sp³-hybridized carbons (Fsp3) is 0.300. The first-order valence-electron chi connectivity index (χ1n) is 8.61. The quantitative estimate of drug-likeness (QED) is 0.831. The number of amides is 1. The highest BCUT2D eigenvalue weighted by Crippen LogP contribution is 2.18. The van der Waals surface area contributed by atoms with Crippen LogP contribution in [0.25, 0.3) is 0 Å². The molecule has 0 aliphatic carbocycles. The molecule has 0 spiro atoms. The molecule has 136 valence electrons. The Kier molecular flexibility index (Phi) is 5.53. The van der Waals surface area contributed by atoms with E-state index in [1.165, 1.54) is 7.11 Å². The number of ether oxygens (including phenoxy) is 1. The van der Waals surface area contributed by atoms with E-state index >= 15 is 0 Å². The van der Waals surface area contributed by atoms with Gasteiger partial charge in [-0.25, -0.2) is 4.79 Å². The molecule has 1 fully saturated rings. The smallest absolute Gasteiger partial charge is 0.337 e. The molecule has 1 aliphatic rings. The van der Waals surface area contributed by atoms with Gasteiger partial charge in [0.25, 0.3) is 0 Å². The highest BCUT2D eigenvalue weighted by Gasteiger charge is 2.18.